The molecule has 2 aliphatic heterocycles. The molecule has 114 valence electrons. The first-order valence-electron chi connectivity index (χ1n) is 7.49. The summed E-state index contributed by atoms with van der Waals surface area (Å²) < 4.78 is 0.975. The van der Waals surface area contributed by atoms with Crippen molar-refractivity contribution < 1.29 is 4.92 Å². The van der Waals surface area contributed by atoms with E-state index in [2.05, 4.69) is 32.8 Å². The minimum Gasteiger partial charge on any atom is -0.370 e. The van der Waals surface area contributed by atoms with Gasteiger partial charge in [-0.05, 0) is 60.9 Å². The third-order valence-electron chi connectivity index (χ3n) is 4.70. The number of anilines is 1. The molecule has 2 fully saturated rings. The molecule has 6 heteroatoms. The van der Waals surface area contributed by atoms with E-state index in [0.29, 0.717) is 5.41 Å². The normalized spacial score (nSPS) is 26.0. The maximum atomic E-state index is 10.9. The van der Waals surface area contributed by atoms with E-state index in [1.165, 1.54) is 25.7 Å². The highest BCUT2D eigenvalue weighted by Crippen LogP contribution is 2.39. The summed E-state index contributed by atoms with van der Waals surface area (Å²) in [7, 11) is 0. The molecule has 0 bridgehead atoms. The first kappa shape index (κ1) is 15.0. The molecule has 1 spiro atoms. The molecule has 0 saturated carbocycles. The van der Waals surface area contributed by atoms with Crippen molar-refractivity contribution in [2.45, 2.75) is 25.7 Å². The van der Waals surface area contributed by atoms with E-state index in [-0.39, 0.29) is 10.6 Å². The number of hydrogen-bond donors (Lipinski definition) is 1. The molecule has 1 N–H and O–H groups in total. The summed E-state index contributed by atoms with van der Waals surface area (Å²) in [4.78, 5) is 13.0. The zero-order valence-corrected chi connectivity index (χ0v) is 14.1. The first-order valence-corrected chi connectivity index (χ1v) is 8.57. The highest BCUT2D eigenvalue weighted by atomic mass is 127. The summed E-state index contributed by atoms with van der Waals surface area (Å²) in [5.74, 6) is 0. The number of rotatable bonds is 2. The predicted molar refractivity (Wildman–Crippen MR) is 91.8 cm³/mol. The number of nitro benzene ring substituents is 1. The maximum absolute atomic E-state index is 10.9. The minimum absolute atomic E-state index is 0.175. The van der Waals surface area contributed by atoms with E-state index in [9.17, 15) is 10.1 Å². The van der Waals surface area contributed by atoms with E-state index < -0.39 is 0 Å². The number of benzene rings is 1. The van der Waals surface area contributed by atoms with Crippen molar-refractivity contribution in [3.63, 3.8) is 0 Å². The molecule has 1 atom stereocenters. The fourth-order valence-electron chi connectivity index (χ4n) is 3.66. The van der Waals surface area contributed by atoms with Crippen molar-refractivity contribution in [2.75, 3.05) is 31.1 Å². The van der Waals surface area contributed by atoms with Gasteiger partial charge < -0.3 is 10.2 Å². The van der Waals surface area contributed by atoms with E-state index >= 15 is 0 Å². The Labute approximate surface area is 138 Å². The minimum atomic E-state index is -0.325. The number of nitrogens with zero attached hydrogens (tertiary/aromatic N) is 2. The van der Waals surface area contributed by atoms with Gasteiger partial charge in [0, 0.05) is 40.8 Å². The highest BCUT2D eigenvalue weighted by molar-refractivity contribution is 14.1. The molecule has 0 radical (unpaired) electrons. The second-order valence-electron chi connectivity index (χ2n) is 6.20. The van der Waals surface area contributed by atoms with E-state index in [0.717, 1.165) is 35.4 Å². The van der Waals surface area contributed by atoms with Gasteiger partial charge in [0.25, 0.3) is 5.69 Å². The van der Waals surface area contributed by atoms with Gasteiger partial charge in [-0.15, -0.1) is 0 Å². The Balaban J connectivity index is 1.81. The van der Waals surface area contributed by atoms with Gasteiger partial charge in [-0.3, -0.25) is 10.1 Å². The number of nitro groups is 1. The molecule has 21 heavy (non-hydrogen) atoms. The molecule has 2 heterocycles. The Kier molecular flexibility index (Phi) is 4.35. The Bertz CT molecular complexity index is 538. The van der Waals surface area contributed by atoms with Gasteiger partial charge in [0.1, 0.15) is 0 Å². The van der Waals surface area contributed by atoms with Gasteiger partial charge in [0.2, 0.25) is 0 Å². The first-order chi connectivity index (χ1) is 10.1. The average molecular weight is 401 g/mol. The third-order valence-corrected chi connectivity index (χ3v) is 5.57. The lowest BCUT2D eigenvalue weighted by Gasteiger charge is -2.46. The smallest absolute Gasteiger partial charge is 0.270 e. The number of piperidine rings is 2. The lowest BCUT2D eigenvalue weighted by Crippen LogP contribution is -2.51. The SMILES string of the molecule is O=[N+]([O-])c1ccc(N2CCCC3(CCCNC3)C2)c(I)c1. The summed E-state index contributed by atoms with van der Waals surface area (Å²) >= 11 is 2.22. The van der Waals surface area contributed by atoms with Gasteiger partial charge in [0.05, 0.1) is 10.6 Å². The summed E-state index contributed by atoms with van der Waals surface area (Å²) in [6.45, 7) is 4.35. The van der Waals surface area contributed by atoms with Gasteiger partial charge in [-0.2, -0.15) is 0 Å². The van der Waals surface area contributed by atoms with Crippen LogP contribution in [-0.4, -0.2) is 31.1 Å². The van der Waals surface area contributed by atoms with Crippen LogP contribution in [0.5, 0.6) is 0 Å². The van der Waals surface area contributed by atoms with E-state index in [1.54, 1.807) is 12.1 Å². The summed E-state index contributed by atoms with van der Waals surface area (Å²) in [6.07, 6.45) is 5.04. The summed E-state index contributed by atoms with van der Waals surface area (Å²) in [5, 5.41) is 14.4. The lowest BCUT2D eigenvalue weighted by atomic mass is 9.74. The Morgan fingerprint density at radius 2 is 2.14 bits per heavy atom. The van der Waals surface area contributed by atoms with Crippen molar-refractivity contribution >= 4 is 34.0 Å². The average Bonchev–Trinajstić information content (AvgIpc) is 2.48. The monoisotopic (exact) mass is 401 g/mol. The highest BCUT2D eigenvalue weighted by Gasteiger charge is 2.37. The van der Waals surface area contributed by atoms with E-state index in [1.807, 2.05) is 6.07 Å². The van der Waals surface area contributed by atoms with Crippen LogP contribution in [0.3, 0.4) is 0 Å². The van der Waals surface area contributed by atoms with Crippen LogP contribution in [0, 0.1) is 19.1 Å². The quantitative estimate of drug-likeness (QED) is 0.470. The standard InChI is InChI=1S/C15H20IN3O2/c16-13-9-12(19(20)21)3-4-14(13)18-8-2-6-15(11-18)5-1-7-17-10-15/h3-4,9,17H,1-2,5-8,10-11H2. The number of hydrogen-bond acceptors (Lipinski definition) is 4. The topological polar surface area (TPSA) is 58.4 Å². The van der Waals surface area contributed by atoms with Crippen LogP contribution >= 0.6 is 22.6 Å². The molecule has 5 nitrogen and oxygen atoms in total. The zero-order valence-electron chi connectivity index (χ0n) is 12.0. The zero-order chi connectivity index (χ0) is 14.9. The Morgan fingerprint density at radius 3 is 2.81 bits per heavy atom. The van der Waals surface area contributed by atoms with Gasteiger partial charge in [0.15, 0.2) is 0 Å². The molecular formula is C15H20IN3O2. The Morgan fingerprint density at radius 1 is 1.33 bits per heavy atom. The van der Waals surface area contributed by atoms with Crippen LogP contribution in [0.15, 0.2) is 18.2 Å². The summed E-state index contributed by atoms with van der Waals surface area (Å²) in [5.41, 5.74) is 1.71. The van der Waals surface area contributed by atoms with Gasteiger partial charge >= 0.3 is 0 Å². The van der Waals surface area contributed by atoms with Crippen LogP contribution in [0.4, 0.5) is 11.4 Å². The molecule has 1 unspecified atom stereocenters. The molecule has 3 rings (SSSR count). The molecule has 0 aliphatic carbocycles. The van der Waals surface area contributed by atoms with Crippen LogP contribution < -0.4 is 10.2 Å². The van der Waals surface area contributed by atoms with Crippen molar-refractivity contribution in [3.8, 4) is 0 Å². The fraction of sp³-hybridized carbons (Fsp3) is 0.600. The van der Waals surface area contributed by atoms with Crippen LogP contribution in [0.1, 0.15) is 25.7 Å². The molecule has 1 aromatic carbocycles. The fourth-order valence-corrected chi connectivity index (χ4v) is 4.50. The van der Waals surface area contributed by atoms with Crippen LogP contribution in [-0.2, 0) is 0 Å². The molecule has 0 amide bonds. The van der Waals surface area contributed by atoms with Gasteiger partial charge in [-0.1, -0.05) is 0 Å². The molecule has 0 aromatic heterocycles. The molecule has 2 aliphatic rings. The van der Waals surface area contributed by atoms with Crippen molar-refractivity contribution in [1.82, 2.24) is 5.32 Å². The van der Waals surface area contributed by atoms with Crippen molar-refractivity contribution in [2.24, 2.45) is 5.41 Å². The Hall–Kier alpha value is -0.890. The second kappa shape index (κ2) is 6.08. The number of nitrogens with one attached hydrogen (secondary N) is 1. The second-order valence-corrected chi connectivity index (χ2v) is 7.36. The largest absolute Gasteiger partial charge is 0.370 e. The maximum Gasteiger partial charge on any atom is 0.270 e. The van der Waals surface area contributed by atoms with Crippen LogP contribution in [0.2, 0.25) is 0 Å². The molecular weight excluding hydrogens is 381 g/mol. The van der Waals surface area contributed by atoms with Crippen LogP contribution in [0.25, 0.3) is 0 Å². The predicted octanol–water partition coefficient (Wildman–Crippen LogP) is 3.17. The van der Waals surface area contributed by atoms with E-state index in [4.69, 9.17) is 0 Å². The van der Waals surface area contributed by atoms with Crippen molar-refractivity contribution in [3.05, 3.63) is 31.9 Å². The molecule has 1 aromatic rings. The van der Waals surface area contributed by atoms with Gasteiger partial charge in [-0.25, -0.2) is 0 Å². The third kappa shape index (κ3) is 3.15. The molecule has 2 saturated heterocycles. The summed E-state index contributed by atoms with van der Waals surface area (Å²) in [6, 6.07) is 5.21. The number of non-ortho nitro benzene ring substituents is 1. The number of halogens is 1. The van der Waals surface area contributed by atoms with Crippen molar-refractivity contribution in [1.29, 1.82) is 0 Å². The lowest BCUT2D eigenvalue weighted by molar-refractivity contribution is -0.384.